The molecular formula is C29H23Cl2F2N9O2. The summed E-state index contributed by atoms with van der Waals surface area (Å²) in [4.78, 5) is 20.5. The van der Waals surface area contributed by atoms with Crippen molar-refractivity contribution in [2.24, 2.45) is 0 Å². The van der Waals surface area contributed by atoms with E-state index < -0.39 is 11.6 Å². The van der Waals surface area contributed by atoms with E-state index in [9.17, 15) is 8.78 Å². The predicted octanol–water partition coefficient (Wildman–Crippen LogP) is 4.99. The third-order valence-corrected chi connectivity index (χ3v) is 8.22. The topological polar surface area (TPSA) is 131 Å². The van der Waals surface area contributed by atoms with Gasteiger partial charge in [0, 0.05) is 24.7 Å². The van der Waals surface area contributed by atoms with Crippen molar-refractivity contribution in [2.75, 3.05) is 13.2 Å². The molecule has 0 aliphatic carbocycles. The Hall–Kier alpha value is -4.22. The van der Waals surface area contributed by atoms with E-state index in [-0.39, 0.29) is 40.0 Å². The van der Waals surface area contributed by atoms with Crippen molar-refractivity contribution in [3.63, 3.8) is 0 Å². The summed E-state index contributed by atoms with van der Waals surface area (Å²) in [6.07, 6.45) is 3.51. The molecule has 7 rings (SSSR count). The highest BCUT2D eigenvalue weighted by Gasteiger charge is 2.26. The van der Waals surface area contributed by atoms with E-state index in [1.165, 1.54) is 0 Å². The molecule has 15 heteroatoms. The number of halogens is 4. The summed E-state index contributed by atoms with van der Waals surface area (Å²) in [5.74, 6) is -0.249. The molecule has 1 N–H and O–H groups in total. The Labute approximate surface area is 259 Å². The Morgan fingerprint density at radius 3 is 2.68 bits per heavy atom. The van der Waals surface area contributed by atoms with Crippen LogP contribution in [0.1, 0.15) is 34.9 Å². The summed E-state index contributed by atoms with van der Waals surface area (Å²) in [7, 11) is 0. The van der Waals surface area contributed by atoms with Crippen LogP contribution in [0.5, 0.6) is 5.88 Å². The summed E-state index contributed by atoms with van der Waals surface area (Å²) in [5, 5.41) is 15.9. The molecular weight excluding hydrogens is 615 g/mol. The second-order valence-corrected chi connectivity index (χ2v) is 11.4. The smallest absolute Gasteiger partial charge is 0.252 e. The van der Waals surface area contributed by atoms with Gasteiger partial charge in [-0.05, 0) is 42.7 Å². The maximum Gasteiger partial charge on any atom is 0.252 e. The first-order valence-corrected chi connectivity index (χ1v) is 14.6. The van der Waals surface area contributed by atoms with Crippen molar-refractivity contribution >= 4 is 34.2 Å². The average Bonchev–Trinajstić information content (AvgIpc) is 3.59. The summed E-state index contributed by atoms with van der Waals surface area (Å²) < 4.78 is 42.1. The zero-order valence-electron chi connectivity index (χ0n) is 23.0. The molecule has 0 radical (unpaired) electrons. The molecule has 0 bridgehead atoms. The van der Waals surface area contributed by atoms with Crippen molar-refractivity contribution < 1.29 is 18.3 Å². The van der Waals surface area contributed by atoms with Crippen LogP contribution < -0.4 is 4.74 Å². The van der Waals surface area contributed by atoms with E-state index in [0.717, 1.165) is 59.8 Å². The Bertz CT molecular complexity index is 1910. The van der Waals surface area contributed by atoms with Crippen molar-refractivity contribution in [1.29, 1.82) is 5.26 Å². The van der Waals surface area contributed by atoms with Crippen LogP contribution in [0.25, 0.3) is 22.6 Å². The number of pyridine rings is 2. The van der Waals surface area contributed by atoms with Gasteiger partial charge in [-0.25, -0.2) is 18.7 Å². The molecule has 1 fully saturated rings. The minimum absolute atomic E-state index is 0.0355. The molecule has 1 saturated heterocycles. The third kappa shape index (κ3) is 5.57. The molecule has 1 aromatic carbocycles. The number of nitriles is 1. The lowest BCUT2D eigenvalue weighted by molar-refractivity contribution is -0.0592. The van der Waals surface area contributed by atoms with Crippen LogP contribution in [0.4, 0.5) is 8.78 Å². The Morgan fingerprint density at radius 1 is 1.14 bits per heavy atom. The summed E-state index contributed by atoms with van der Waals surface area (Å²) in [6.45, 7) is 2.75. The molecule has 2 aliphatic heterocycles. The first-order valence-electron chi connectivity index (χ1n) is 13.8. The zero-order chi connectivity index (χ0) is 30.4. The number of aromatic nitrogens is 7. The Balaban J connectivity index is 1.13. The SMILES string of the molecule is N#Cc1n[nH]c(-c2cc3nc(CN4CCc5cc(Cl)c(OCc6c(F)cc(Cl)cc6F)nc5C4)n(C[C@@H]4CCO4)c3cn2)n1. The van der Waals surface area contributed by atoms with Gasteiger partial charge in [0.25, 0.3) is 5.82 Å². The fraction of sp³-hybridized carbons (Fsp3) is 0.310. The van der Waals surface area contributed by atoms with Gasteiger partial charge >= 0.3 is 0 Å². The predicted molar refractivity (Wildman–Crippen MR) is 155 cm³/mol. The third-order valence-electron chi connectivity index (χ3n) is 7.73. The fourth-order valence-corrected chi connectivity index (χ4v) is 5.76. The summed E-state index contributed by atoms with van der Waals surface area (Å²) >= 11 is 12.2. The first-order chi connectivity index (χ1) is 21.3. The fourth-order valence-electron chi connectivity index (χ4n) is 5.34. The van der Waals surface area contributed by atoms with Crippen LogP contribution in [0.15, 0.2) is 30.5 Å². The van der Waals surface area contributed by atoms with Gasteiger partial charge in [-0.2, -0.15) is 10.2 Å². The van der Waals surface area contributed by atoms with Crippen molar-refractivity contribution in [3.8, 4) is 23.5 Å². The maximum atomic E-state index is 14.3. The minimum Gasteiger partial charge on any atom is -0.472 e. The standard InChI is InChI=1S/C29H23Cl2F2N9O2/c30-16-6-20(32)18(21(33)7-16)14-44-29-19(31)5-15-1-3-41(12-24(15)37-29)13-27-36-22-8-23(28-38-26(9-34)39-40-28)35-10-25(22)42(27)11-17-2-4-43-17/h5-8,10,17H,1-4,11-14H2,(H,38,39,40)/t17-/m0/s1. The van der Waals surface area contributed by atoms with Crippen LogP contribution in [-0.2, 0) is 37.4 Å². The number of nitrogens with zero attached hydrogens (tertiary/aromatic N) is 8. The van der Waals surface area contributed by atoms with Gasteiger partial charge in [0.15, 0.2) is 5.82 Å². The number of benzene rings is 1. The average molecular weight is 638 g/mol. The number of imidazole rings is 1. The maximum absolute atomic E-state index is 14.3. The van der Waals surface area contributed by atoms with E-state index in [2.05, 4.69) is 34.6 Å². The highest BCUT2D eigenvalue weighted by Crippen LogP contribution is 2.31. The molecule has 44 heavy (non-hydrogen) atoms. The summed E-state index contributed by atoms with van der Waals surface area (Å²) in [5.41, 5.74) is 3.61. The number of nitrogens with one attached hydrogen (secondary N) is 1. The van der Waals surface area contributed by atoms with Gasteiger partial charge in [0.05, 0.1) is 47.7 Å². The molecule has 11 nitrogen and oxygen atoms in total. The van der Waals surface area contributed by atoms with Gasteiger partial charge in [0.1, 0.15) is 40.9 Å². The van der Waals surface area contributed by atoms with Crippen molar-refractivity contribution in [2.45, 2.75) is 45.2 Å². The number of rotatable bonds is 8. The number of H-pyrrole nitrogens is 1. The number of fused-ring (bicyclic) bond motifs is 2. The largest absolute Gasteiger partial charge is 0.472 e. The second kappa shape index (κ2) is 11.7. The highest BCUT2D eigenvalue weighted by atomic mass is 35.5. The second-order valence-electron chi connectivity index (χ2n) is 10.6. The number of aromatic amines is 1. The monoisotopic (exact) mass is 637 g/mol. The minimum atomic E-state index is -0.805. The molecule has 6 heterocycles. The van der Waals surface area contributed by atoms with Crippen LogP contribution in [0, 0.1) is 23.0 Å². The number of hydrogen-bond donors (Lipinski definition) is 1. The zero-order valence-corrected chi connectivity index (χ0v) is 24.5. The van der Waals surface area contributed by atoms with Crippen molar-refractivity contribution in [1.82, 2.24) is 39.6 Å². The van der Waals surface area contributed by atoms with E-state index in [4.69, 9.17) is 42.9 Å². The van der Waals surface area contributed by atoms with E-state index in [0.29, 0.717) is 37.6 Å². The molecule has 0 spiro atoms. The molecule has 2 aliphatic rings. The quantitative estimate of drug-likeness (QED) is 0.250. The van der Waals surface area contributed by atoms with E-state index in [1.807, 2.05) is 12.1 Å². The summed E-state index contributed by atoms with van der Waals surface area (Å²) in [6, 6.07) is 7.59. The molecule has 0 amide bonds. The van der Waals surface area contributed by atoms with E-state index in [1.54, 1.807) is 12.3 Å². The lowest BCUT2D eigenvalue weighted by Gasteiger charge is -2.30. The van der Waals surface area contributed by atoms with Gasteiger partial charge < -0.3 is 14.0 Å². The lowest BCUT2D eigenvalue weighted by Crippen LogP contribution is -2.34. The Kier molecular flexibility index (Phi) is 7.59. The number of ether oxygens (including phenoxy) is 2. The number of hydrogen-bond acceptors (Lipinski definition) is 9. The van der Waals surface area contributed by atoms with Gasteiger partial charge in [-0.1, -0.05) is 23.2 Å². The van der Waals surface area contributed by atoms with Gasteiger partial charge in [-0.3, -0.25) is 15.0 Å². The van der Waals surface area contributed by atoms with Crippen LogP contribution in [-0.4, -0.2) is 58.9 Å². The molecule has 224 valence electrons. The van der Waals surface area contributed by atoms with Crippen molar-refractivity contribution in [3.05, 3.63) is 80.6 Å². The highest BCUT2D eigenvalue weighted by molar-refractivity contribution is 6.32. The lowest BCUT2D eigenvalue weighted by atomic mass is 10.1. The van der Waals surface area contributed by atoms with E-state index >= 15 is 0 Å². The molecule has 0 unspecified atom stereocenters. The van der Waals surface area contributed by atoms with Crippen LogP contribution in [0.3, 0.4) is 0 Å². The Morgan fingerprint density at radius 2 is 1.95 bits per heavy atom. The van der Waals surface area contributed by atoms with Gasteiger partial charge in [0.2, 0.25) is 5.88 Å². The molecule has 1 atom stereocenters. The molecule has 0 saturated carbocycles. The molecule has 5 aromatic rings. The molecule has 4 aromatic heterocycles. The first kappa shape index (κ1) is 28.5. The van der Waals surface area contributed by atoms with Crippen LogP contribution >= 0.6 is 23.2 Å². The normalized spacial score (nSPS) is 16.5. The van der Waals surface area contributed by atoms with Gasteiger partial charge in [-0.15, -0.1) is 5.10 Å². The van der Waals surface area contributed by atoms with Crippen LogP contribution in [0.2, 0.25) is 10.0 Å².